The van der Waals surface area contributed by atoms with Gasteiger partial charge in [-0.2, -0.15) is 0 Å². The van der Waals surface area contributed by atoms with Gasteiger partial charge in [0.2, 0.25) is 0 Å². The molecule has 0 aromatic heterocycles. The van der Waals surface area contributed by atoms with Crippen LogP contribution in [0.2, 0.25) is 0 Å². The minimum atomic E-state index is -0.830. The summed E-state index contributed by atoms with van der Waals surface area (Å²) in [5, 5.41) is 8.87. The highest BCUT2D eigenvalue weighted by Gasteiger charge is 2.20. The van der Waals surface area contributed by atoms with E-state index < -0.39 is 6.09 Å². The maximum Gasteiger partial charge on any atom is 0.407 e. The maximum absolute atomic E-state index is 10.8. The third-order valence-electron chi connectivity index (χ3n) is 3.14. The molecule has 1 aromatic carbocycles. The van der Waals surface area contributed by atoms with Crippen molar-refractivity contribution in [2.24, 2.45) is 0 Å². The van der Waals surface area contributed by atoms with E-state index in [1.54, 1.807) is 0 Å². The fourth-order valence-electron chi connectivity index (χ4n) is 2.11. The van der Waals surface area contributed by atoms with E-state index in [1.165, 1.54) is 10.5 Å². The number of rotatable bonds is 2. The molecule has 0 aliphatic carbocycles. The van der Waals surface area contributed by atoms with E-state index in [2.05, 4.69) is 10.8 Å². The molecule has 1 saturated heterocycles. The fraction of sp³-hybridized carbons (Fsp3) is 0.357. The topological polar surface area (TPSA) is 43.8 Å². The van der Waals surface area contributed by atoms with Gasteiger partial charge in [0.25, 0.3) is 0 Å². The monoisotopic (exact) mass is 244 g/mol. The second kappa shape index (κ2) is 5.56. The first-order valence-electron chi connectivity index (χ1n) is 5.95. The van der Waals surface area contributed by atoms with Gasteiger partial charge in [0, 0.05) is 38.3 Å². The largest absolute Gasteiger partial charge is 0.465 e. The summed E-state index contributed by atoms with van der Waals surface area (Å²) in [7, 11) is 0. The molecule has 1 aromatic rings. The van der Waals surface area contributed by atoms with Crippen LogP contribution in [0.4, 0.5) is 4.79 Å². The van der Waals surface area contributed by atoms with E-state index in [0.717, 1.165) is 25.2 Å². The number of carboxylic acid groups (broad SMARTS) is 1. The summed E-state index contributed by atoms with van der Waals surface area (Å²) in [6.45, 7) is 3.51. The highest BCUT2D eigenvalue weighted by atomic mass is 16.4. The molecule has 0 saturated carbocycles. The zero-order chi connectivity index (χ0) is 13.0. The second-order valence-corrected chi connectivity index (χ2v) is 4.39. The van der Waals surface area contributed by atoms with Gasteiger partial charge >= 0.3 is 6.09 Å². The molecule has 0 bridgehead atoms. The number of piperazine rings is 1. The molecule has 0 atom stereocenters. The summed E-state index contributed by atoms with van der Waals surface area (Å²) in [5.74, 6) is 2.62. The van der Waals surface area contributed by atoms with Crippen molar-refractivity contribution in [3.05, 3.63) is 35.4 Å². The van der Waals surface area contributed by atoms with Crippen molar-refractivity contribution in [3.63, 3.8) is 0 Å². The lowest BCUT2D eigenvalue weighted by molar-refractivity contribution is 0.103. The van der Waals surface area contributed by atoms with Gasteiger partial charge in [-0.05, 0) is 17.7 Å². The molecule has 1 aliphatic rings. The van der Waals surface area contributed by atoms with Gasteiger partial charge < -0.3 is 10.0 Å². The first kappa shape index (κ1) is 12.5. The molecule has 1 fully saturated rings. The number of carbonyl (C=O) groups is 1. The van der Waals surface area contributed by atoms with Gasteiger partial charge in [-0.15, -0.1) is 6.42 Å². The Kier molecular flexibility index (Phi) is 3.85. The van der Waals surface area contributed by atoms with Crippen molar-refractivity contribution in [3.8, 4) is 12.3 Å². The van der Waals surface area contributed by atoms with Crippen LogP contribution in [0.5, 0.6) is 0 Å². The summed E-state index contributed by atoms with van der Waals surface area (Å²) in [4.78, 5) is 14.5. The van der Waals surface area contributed by atoms with E-state index in [9.17, 15) is 4.79 Å². The highest BCUT2D eigenvalue weighted by molar-refractivity contribution is 5.65. The highest BCUT2D eigenvalue weighted by Crippen LogP contribution is 2.10. The van der Waals surface area contributed by atoms with Crippen molar-refractivity contribution in [1.29, 1.82) is 0 Å². The van der Waals surface area contributed by atoms with Crippen molar-refractivity contribution < 1.29 is 9.90 Å². The standard InChI is InChI=1S/C14H16N2O2/c1-2-12-4-3-5-13(10-12)11-15-6-8-16(9-7-15)14(17)18/h1,3-5,10H,6-9,11H2,(H,17,18). The number of hydrogen-bond acceptors (Lipinski definition) is 2. The minimum absolute atomic E-state index is 0.574. The zero-order valence-electron chi connectivity index (χ0n) is 10.2. The molecule has 1 heterocycles. The number of amides is 1. The molecule has 18 heavy (non-hydrogen) atoms. The minimum Gasteiger partial charge on any atom is -0.465 e. The van der Waals surface area contributed by atoms with Gasteiger partial charge in [-0.1, -0.05) is 18.1 Å². The predicted octanol–water partition coefficient (Wildman–Crippen LogP) is 1.46. The van der Waals surface area contributed by atoms with Gasteiger partial charge in [-0.3, -0.25) is 4.90 Å². The van der Waals surface area contributed by atoms with Crippen LogP contribution >= 0.6 is 0 Å². The first-order valence-corrected chi connectivity index (χ1v) is 5.95. The summed E-state index contributed by atoms with van der Waals surface area (Å²) >= 11 is 0. The summed E-state index contributed by atoms with van der Waals surface area (Å²) in [5.41, 5.74) is 2.06. The lowest BCUT2D eigenvalue weighted by Crippen LogP contribution is -2.47. The number of hydrogen-bond donors (Lipinski definition) is 1. The van der Waals surface area contributed by atoms with Gasteiger partial charge in [0.1, 0.15) is 0 Å². The summed E-state index contributed by atoms with van der Waals surface area (Å²) in [6.07, 6.45) is 4.54. The van der Waals surface area contributed by atoms with Crippen molar-refractivity contribution in [1.82, 2.24) is 9.80 Å². The van der Waals surface area contributed by atoms with Crippen LogP contribution in [0.15, 0.2) is 24.3 Å². The van der Waals surface area contributed by atoms with Crippen molar-refractivity contribution >= 4 is 6.09 Å². The quantitative estimate of drug-likeness (QED) is 0.801. The maximum atomic E-state index is 10.8. The van der Waals surface area contributed by atoms with E-state index in [-0.39, 0.29) is 0 Å². The fourth-order valence-corrected chi connectivity index (χ4v) is 2.11. The van der Waals surface area contributed by atoms with Crippen molar-refractivity contribution in [2.45, 2.75) is 6.54 Å². The van der Waals surface area contributed by atoms with Crippen LogP contribution in [0.3, 0.4) is 0 Å². The molecular weight excluding hydrogens is 228 g/mol. The van der Waals surface area contributed by atoms with E-state index in [4.69, 9.17) is 11.5 Å². The number of nitrogens with zero attached hydrogens (tertiary/aromatic N) is 2. The number of benzene rings is 1. The lowest BCUT2D eigenvalue weighted by atomic mass is 10.1. The SMILES string of the molecule is C#Cc1cccc(CN2CCN(C(=O)O)CC2)c1. The first-order chi connectivity index (χ1) is 8.69. The molecule has 1 aliphatic heterocycles. The Hall–Kier alpha value is -1.99. The number of terminal acetylenes is 1. The van der Waals surface area contributed by atoms with Crippen LogP contribution in [-0.4, -0.2) is 47.2 Å². The summed E-state index contributed by atoms with van der Waals surface area (Å²) in [6, 6.07) is 7.91. The Morgan fingerprint density at radius 2 is 2.06 bits per heavy atom. The van der Waals surface area contributed by atoms with Crippen LogP contribution in [-0.2, 0) is 6.54 Å². The van der Waals surface area contributed by atoms with Gasteiger partial charge in [0.05, 0.1) is 0 Å². The Bertz CT molecular complexity index is 471. The third-order valence-corrected chi connectivity index (χ3v) is 3.14. The Balaban J connectivity index is 1.91. The average Bonchev–Trinajstić information content (AvgIpc) is 2.39. The molecule has 0 unspecified atom stereocenters. The molecule has 94 valence electrons. The summed E-state index contributed by atoms with van der Waals surface area (Å²) < 4.78 is 0. The van der Waals surface area contributed by atoms with Crippen LogP contribution in [0.25, 0.3) is 0 Å². The normalized spacial score (nSPS) is 16.3. The third kappa shape index (κ3) is 3.02. The predicted molar refractivity (Wildman–Crippen MR) is 69.3 cm³/mol. The van der Waals surface area contributed by atoms with E-state index in [0.29, 0.717) is 13.1 Å². The molecule has 0 radical (unpaired) electrons. The molecule has 0 spiro atoms. The lowest BCUT2D eigenvalue weighted by Gasteiger charge is -2.33. The molecule has 1 N–H and O–H groups in total. The second-order valence-electron chi connectivity index (χ2n) is 4.39. The van der Waals surface area contributed by atoms with Gasteiger partial charge in [-0.25, -0.2) is 4.79 Å². The smallest absolute Gasteiger partial charge is 0.407 e. The van der Waals surface area contributed by atoms with Crippen LogP contribution in [0, 0.1) is 12.3 Å². The Labute approximate surface area is 107 Å². The van der Waals surface area contributed by atoms with Gasteiger partial charge in [0.15, 0.2) is 0 Å². The van der Waals surface area contributed by atoms with E-state index in [1.807, 2.05) is 24.3 Å². The molecule has 4 nitrogen and oxygen atoms in total. The Morgan fingerprint density at radius 1 is 1.33 bits per heavy atom. The average molecular weight is 244 g/mol. The van der Waals surface area contributed by atoms with Crippen LogP contribution < -0.4 is 0 Å². The molecule has 4 heteroatoms. The van der Waals surface area contributed by atoms with Crippen LogP contribution in [0.1, 0.15) is 11.1 Å². The molecule has 2 rings (SSSR count). The molecular formula is C14H16N2O2. The van der Waals surface area contributed by atoms with Crippen molar-refractivity contribution in [2.75, 3.05) is 26.2 Å². The molecule has 1 amide bonds. The Morgan fingerprint density at radius 3 is 2.67 bits per heavy atom. The zero-order valence-corrected chi connectivity index (χ0v) is 10.2. The van der Waals surface area contributed by atoms with E-state index >= 15 is 0 Å².